The van der Waals surface area contributed by atoms with Crippen molar-refractivity contribution in [3.05, 3.63) is 29.8 Å². The van der Waals surface area contributed by atoms with Gasteiger partial charge in [-0.1, -0.05) is 19.1 Å². The molecule has 0 bridgehead atoms. The zero-order valence-corrected chi connectivity index (χ0v) is 9.15. The molecule has 1 atom stereocenters. The first-order valence-corrected chi connectivity index (χ1v) is 5.70. The molecule has 1 aromatic carbocycles. The maximum Gasteiger partial charge on any atom is 0.119 e. The molecule has 1 N–H and O–H groups in total. The van der Waals surface area contributed by atoms with Gasteiger partial charge in [-0.15, -0.1) is 0 Å². The summed E-state index contributed by atoms with van der Waals surface area (Å²) in [5.74, 6) is 1.65. The van der Waals surface area contributed by atoms with Crippen LogP contribution in [0.2, 0.25) is 0 Å². The molecule has 1 saturated carbocycles. The van der Waals surface area contributed by atoms with Gasteiger partial charge in [-0.05, 0) is 42.9 Å². The van der Waals surface area contributed by atoms with E-state index in [4.69, 9.17) is 4.74 Å². The molecule has 1 aliphatic carbocycles. The highest BCUT2D eigenvalue weighted by Crippen LogP contribution is 2.30. The van der Waals surface area contributed by atoms with Gasteiger partial charge in [0.05, 0.1) is 12.7 Å². The van der Waals surface area contributed by atoms with Crippen molar-refractivity contribution in [2.24, 2.45) is 5.92 Å². The van der Waals surface area contributed by atoms with E-state index in [0.717, 1.165) is 30.3 Å². The Balaban J connectivity index is 1.97. The fourth-order valence-electron chi connectivity index (χ4n) is 1.55. The van der Waals surface area contributed by atoms with Gasteiger partial charge in [0.1, 0.15) is 5.75 Å². The molecular weight excluding hydrogens is 188 g/mol. The maximum absolute atomic E-state index is 9.69. The molecule has 82 valence electrons. The lowest BCUT2D eigenvalue weighted by Crippen LogP contribution is -2.00. The predicted molar refractivity (Wildman–Crippen MR) is 59.9 cm³/mol. The Kier molecular flexibility index (Phi) is 3.27. The summed E-state index contributed by atoms with van der Waals surface area (Å²) in [6.45, 7) is 2.80. The molecule has 2 rings (SSSR count). The van der Waals surface area contributed by atoms with Gasteiger partial charge in [-0.25, -0.2) is 0 Å². The molecule has 2 heteroatoms. The second kappa shape index (κ2) is 4.67. The third kappa shape index (κ3) is 2.96. The molecule has 0 amide bonds. The van der Waals surface area contributed by atoms with Gasteiger partial charge in [0.25, 0.3) is 0 Å². The normalized spacial score (nSPS) is 17.5. The van der Waals surface area contributed by atoms with Crippen molar-refractivity contribution in [2.45, 2.75) is 32.3 Å². The zero-order valence-electron chi connectivity index (χ0n) is 9.15. The number of ether oxygens (including phenoxy) is 1. The van der Waals surface area contributed by atoms with E-state index in [-0.39, 0.29) is 6.10 Å². The quantitative estimate of drug-likeness (QED) is 0.802. The molecule has 0 radical (unpaired) electrons. The average Bonchev–Trinajstić information content (AvgIpc) is 3.09. The summed E-state index contributed by atoms with van der Waals surface area (Å²) in [6, 6.07) is 7.78. The fourth-order valence-corrected chi connectivity index (χ4v) is 1.55. The molecular formula is C13H18O2. The lowest BCUT2D eigenvalue weighted by molar-refractivity contribution is 0.173. The third-order valence-corrected chi connectivity index (χ3v) is 2.81. The zero-order chi connectivity index (χ0) is 10.7. The second-order valence-electron chi connectivity index (χ2n) is 4.25. The van der Waals surface area contributed by atoms with E-state index in [1.54, 1.807) is 0 Å². The molecule has 0 spiro atoms. The molecule has 0 aliphatic heterocycles. The van der Waals surface area contributed by atoms with Crippen molar-refractivity contribution in [1.82, 2.24) is 0 Å². The maximum atomic E-state index is 9.69. The minimum atomic E-state index is -0.366. The van der Waals surface area contributed by atoms with Crippen LogP contribution in [0.5, 0.6) is 5.75 Å². The van der Waals surface area contributed by atoms with Crippen LogP contribution in [0.15, 0.2) is 24.3 Å². The summed E-state index contributed by atoms with van der Waals surface area (Å²) in [7, 11) is 0. The molecule has 15 heavy (non-hydrogen) atoms. The van der Waals surface area contributed by atoms with Crippen molar-refractivity contribution in [2.75, 3.05) is 6.61 Å². The summed E-state index contributed by atoms with van der Waals surface area (Å²) < 4.78 is 5.65. The van der Waals surface area contributed by atoms with Crippen LogP contribution in [-0.4, -0.2) is 11.7 Å². The average molecular weight is 206 g/mol. The van der Waals surface area contributed by atoms with Crippen molar-refractivity contribution in [1.29, 1.82) is 0 Å². The molecule has 0 saturated heterocycles. The summed E-state index contributed by atoms with van der Waals surface area (Å²) in [4.78, 5) is 0. The molecule has 1 fully saturated rings. The number of aliphatic hydroxyl groups excluding tert-OH is 1. The van der Waals surface area contributed by atoms with E-state index in [1.807, 2.05) is 31.2 Å². The minimum Gasteiger partial charge on any atom is -0.493 e. The SMILES string of the molecule is CC[C@H](O)c1cccc(OCC2CC2)c1. The Morgan fingerprint density at radius 2 is 2.27 bits per heavy atom. The predicted octanol–water partition coefficient (Wildman–Crippen LogP) is 2.92. The van der Waals surface area contributed by atoms with Crippen LogP contribution in [-0.2, 0) is 0 Å². The standard InChI is InChI=1S/C13H18O2/c1-2-13(14)11-4-3-5-12(8-11)15-9-10-6-7-10/h3-5,8,10,13-14H,2,6-7,9H2,1H3/t13-/m0/s1. The van der Waals surface area contributed by atoms with E-state index in [1.165, 1.54) is 12.8 Å². The van der Waals surface area contributed by atoms with Crippen LogP contribution in [0.3, 0.4) is 0 Å². The number of hydrogen-bond donors (Lipinski definition) is 1. The van der Waals surface area contributed by atoms with E-state index in [0.29, 0.717) is 0 Å². The highest BCUT2D eigenvalue weighted by molar-refractivity contribution is 5.29. The molecule has 0 heterocycles. The summed E-state index contributed by atoms with van der Waals surface area (Å²) in [5, 5.41) is 9.69. The van der Waals surface area contributed by atoms with Gasteiger partial charge in [0.2, 0.25) is 0 Å². The van der Waals surface area contributed by atoms with Crippen LogP contribution in [0.1, 0.15) is 37.9 Å². The van der Waals surface area contributed by atoms with Gasteiger partial charge >= 0.3 is 0 Å². The Labute approximate surface area is 90.9 Å². The summed E-state index contributed by atoms with van der Waals surface area (Å²) in [5.41, 5.74) is 0.950. The molecule has 0 aromatic heterocycles. The molecule has 1 aliphatic rings. The van der Waals surface area contributed by atoms with Crippen molar-refractivity contribution < 1.29 is 9.84 Å². The van der Waals surface area contributed by atoms with Crippen LogP contribution in [0.25, 0.3) is 0 Å². The Morgan fingerprint density at radius 1 is 1.47 bits per heavy atom. The van der Waals surface area contributed by atoms with Gasteiger partial charge in [-0.2, -0.15) is 0 Å². The number of rotatable bonds is 5. The summed E-state index contributed by atoms with van der Waals surface area (Å²) in [6.07, 6.45) is 2.98. The monoisotopic (exact) mass is 206 g/mol. The van der Waals surface area contributed by atoms with Crippen molar-refractivity contribution in [3.8, 4) is 5.75 Å². The van der Waals surface area contributed by atoms with E-state index < -0.39 is 0 Å². The van der Waals surface area contributed by atoms with E-state index in [9.17, 15) is 5.11 Å². The number of benzene rings is 1. The first-order valence-electron chi connectivity index (χ1n) is 5.70. The topological polar surface area (TPSA) is 29.5 Å². The van der Waals surface area contributed by atoms with Crippen molar-refractivity contribution >= 4 is 0 Å². The van der Waals surface area contributed by atoms with Crippen LogP contribution in [0, 0.1) is 5.92 Å². The van der Waals surface area contributed by atoms with Crippen LogP contribution < -0.4 is 4.74 Å². The van der Waals surface area contributed by atoms with E-state index >= 15 is 0 Å². The lowest BCUT2D eigenvalue weighted by Gasteiger charge is -2.10. The Bertz CT molecular complexity index is 318. The second-order valence-corrected chi connectivity index (χ2v) is 4.25. The number of hydrogen-bond acceptors (Lipinski definition) is 2. The fraction of sp³-hybridized carbons (Fsp3) is 0.538. The van der Waals surface area contributed by atoms with Gasteiger partial charge in [0, 0.05) is 0 Å². The lowest BCUT2D eigenvalue weighted by atomic mass is 10.1. The first kappa shape index (κ1) is 10.5. The molecule has 2 nitrogen and oxygen atoms in total. The largest absolute Gasteiger partial charge is 0.493 e. The summed E-state index contributed by atoms with van der Waals surface area (Å²) >= 11 is 0. The highest BCUT2D eigenvalue weighted by Gasteiger charge is 2.21. The van der Waals surface area contributed by atoms with Gasteiger partial charge in [0.15, 0.2) is 0 Å². The Hall–Kier alpha value is -1.02. The Morgan fingerprint density at radius 3 is 2.93 bits per heavy atom. The van der Waals surface area contributed by atoms with Crippen LogP contribution >= 0.6 is 0 Å². The molecule has 0 unspecified atom stereocenters. The smallest absolute Gasteiger partial charge is 0.119 e. The van der Waals surface area contributed by atoms with E-state index in [2.05, 4.69) is 0 Å². The first-order chi connectivity index (χ1) is 7.29. The molecule has 1 aromatic rings. The van der Waals surface area contributed by atoms with Crippen LogP contribution in [0.4, 0.5) is 0 Å². The number of aliphatic hydroxyl groups is 1. The van der Waals surface area contributed by atoms with Crippen molar-refractivity contribution in [3.63, 3.8) is 0 Å². The highest BCUT2D eigenvalue weighted by atomic mass is 16.5. The minimum absolute atomic E-state index is 0.366. The third-order valence-electron chi connectivity index (χ3n) is 2.81. The van der Waals surface area contributed by atoms with Gasteiger partial charge in [-0.3, -0.25) is 0 Å². The van der Waals surface area contributed by atoms with Gasteiger partial charge < -0.3 is 9.84 Å².